The topological polar surface area (TPSA) is 133 Å². The van der Waals surface area contributed by atoms with Crippen molar-refractivity contribution in [1.29, 1.82) is 0 Å². The molecule has 1 aliphatic heterocycles. The maximum Gasteiger partial charge on any atom is 0.337 e. The molecule has 2 heterocycles. The summed E-state index contributed by atoms with van der Waals surface area (Å²) in [6, 6.07) is 7.15. The van der Waals surface area contributed by atoms with Crippen molar-refractivity contribution in [3.8, 4) is 11.5 Å². The number of nitrogens with one attached hydrogen (secondary N) is 2. The van der Waals surface area contributed by atoms with E-state index in [2.05, 4.69) is 20.8 Å². The zero-order valence-electron chi connectivity index (χ0n) is 16.7. The standard InChI is InChI=1S/C20H22N4O6/c1-3-28-19(26)14-10-21-20(27)22-15(14)11-29-17(25)9-8-16-23-24-18(30-16)13-6-4-12(2)5-7-13/h4-7H,3,8-11H2,1-2H3,(H2,21,22,27). The van der Waals surface area contributed by atoms with E-state index in [1.165, 1.54) is 0 Å². The first-order valence-electron chi connectivity index (χ1n) is 9.45. The zero-order chi connectivity index (χ0) is 21.5. The Hall–Kier alpha value is -3.69. The predicted molar refractivity (Wildman–Crippen MR) is 104 cm³/mol. The van der Waals surface area contributed by atoms with E-state index in [4.69, 9.17) is 13.9 Å². The lowest BCUT2D eigenvalue weighted by atomic mass is 10.1. The summed E-state index contributed by atoms with van der Waals surface area (Å²) in [5.74, 6) is -0.428. The minimum absolute atomic E-state index is 0.00131. The highest BCUT2D eigenvalue weighted by Crippen LogP contribution is 2.19. The van der Waals surface area contributed by atoms with E-state index in [0.717, 1.165) is 11.1 Å². The number of ether oxygens (including phenoxy) is 2. The molecule has 158 valence electrons. The lowest BCUT2D eigenvalue weighted by molar-refractivity contribution is -0.143. The van der Waals surface area contributed by atoms with Crippen LogP contribution in [-0.2, 0) is 25.5 Å². The van der Waals surface area contributed by atoms with Crippen LogP contribution in [0.25, 0.3) is 11.5 Å². The van der Waals surface area contributed by atoms with Gasteiger partial charge in [0.2, 0.25) is 11.8 Å². The molecule has 1 aromatic heterocycles. The Bertz CT molecular complexity index is 964. The van der Waals surface area contributed by atoms with Gasteiger partial charge in [0.1, 0.15) is 6.61 Å². The predicted octanol–water partition coefficient (Wildman–Crippen LogP) is 1.65. The summed E-state index contributed by atoms with van der Waals surface area (Å²) in [6.45, 7) is 3.60. The second kappa shape index (κ2) is 9.68. The van der Waals surface area contributed by atoms with Crippen LogP contribution in [0.1, 0.15) is 24.8 Å². The third-order valence-corrected chi connectivity index (χ3v) is 4.26. The molecule has 0 unspecified atom stereocenters. The van der Waals surface area contributed by atoms with E-state index in [9.17, 15) is 14.4 Å². The van der Waals surface area contributed by atoms with Crippen molar-refractivity contribution < 1.29 is 28.3 Å². The van der Waals surface area contributed by atoms with Crippen LogP contribution in [0.3, 0.4) is 0 Å². The van der Waals surface area contributed by atoms with Gasteiger partial charge in [-0.05, 0) is 26.0 Å². The van der Waals surface area contributed by atoms with Crippen LogP contribution in [-0.4, -0.2) is 47.9 Å². The number of benzene rings is 1. The van der Waals surface area contributed by atoms with Gasteiger partial charge >= 0.3 is 18.0 Å². The number of carbonyl (C=O) groups is 3. The van der Waals surface area contributed by atoms with Crippen molar-refractivity contribution in [3.05, 3.63) is 47.0 Å². The Kier molecular flexibility index (Phi) is 6.79. The van der Waals surface area contributed by atoms with Crippen molar-refractivity contribution in [3.63, 3.8) is 0 Å². The van der Waals surface area contributed by atoms with Crippen molar-refractivity contribution >= 4 is 18.0 Å². The number of amides is 2. The average Bonchev–Trinajstić information content (AvgIpc) is 3.20. The summed E-state index contributed by atoms with van der Waals surface area (Å²) < 4.78 is 15.7. The molecule has 0 fully saturated rings. The molecule has 2 aromatic rings. The summed E-state index contributed by atoms with van der Waals surface area (Å²) in [5.41, 5.74) is 2.32. The minimum Gasteiger partial charge on any atom is -0.463 e. The lowest BCUT2D eigenvalue weighted by Gasteiger charge is -2.21. The van der Waals surface area contributed by atoms with Gasteiger partial charge < -0.3 is 24.5 Å². The SMILES string of the molecule is CCOC(=O)C1=C(COC(=O)CCc2nnc(-c3ccc(C)cc3)o2)NC(=O)NC1. The molecule has 10 nitrogen and oxygen atoms in total. The molecule has 30 heavy (non-hydrogen) atoms. The number of hydrogen-bond acceptors (Lipinski definition) is 8. The van der Waals surface area contributed by atoms with Gasteiger partial charge in [-0.25, -0.2) is 9.59 Å². The molecule has 0 spiro atoms. The van der Waals surface area contributed by atoms with Gasteiger partial charge in [0.05, 0.1) is 30.8 Å². The van der Waals surface area contributed by atoms with Gasteiger partial charge in [0, 0.05) is 12.0 Å². The van der Waals surface area contributed by atoms with Crippen molar-refractivity contribution in [2.75, 3.05) is 19.8 Å². The van der Waals surface area contributed by atoms with Crippen LogP contribution >= 0.6 is 0 Å². The maximum atomic E-state index is 12.1. The van der Waals surface area contributed by atoms with Crippen LogP contribution in [0, 0.1) is 6.92 Å². The molecule has 0 saturated carbocycles. The summed E-state index contributed by atoms with van der Waals surface area (Å²) in [7, 11) is 0. The third-order valence-electron chi connectivity index (χ3n) is 4.26. The molecule has 0 bridgehead atoms. The lowest BCUT2D eigenvalue weighted by Crippen LogP contribution is -2.45. The first kappa shape index (κ1) is 21.0. The van der Waals surface area contributed by atoms with Gasteiger partial charge in [0.25, 0.3) is 0 Å². The second-order valence-corrected chi connectivity index (χ2v) is 6.51. The van der Waals surface area contributed by atoms with Crippen LogP contribution in [0.5, 0.6) is 0 Å². The van der Waals surface area contributed by atoms with Crippen LogP contribution in [0.4, 0.5) is 4.79 Å². The van der Waals surface area contributed by atoms with Crippen molar-refractivity contribution in [2.45, 2.75) is 26.7 Å². The molecule has 3 rings (SSSR count). The highest BCUT2D eigenvalue weighted by atomic mass is 16.5. The number of aromatic nitrogens is 2. The van der Waals surface area contributed by atoms with Gasteiger partial charge in [0.15, 0.2) is 0 Å². The average molecular weight is 414 g/mol. The summed E-state index contributed by atoms with van der Waals surface area (Å²) in [5, 5.41) is 12.9. The Balaban J connectivity index is 1.53. The van der Waals surface area contributed by atoms with E-state index in [1.54, 1.807) is 6.92 Å². The fraction of sp³-hybridized carbons (Fsp3) is 0.350. The number of nitrogens with zero attached hydrogens (tertiary/aromatic N) is 2. The molecular formula is C20H22N4O6. The molecular weight excluding hydrogens is 392 g/mol. The Morgan fingerprint density at radius 2 is 1.93 bits per heavy atom. The van der Waals surface area contributed by atoms with E-state index in [-0.39, 0.29) is 43.9 Å². The molecule has 2 N–H and O–H groups in total. The molecule has 2 amide bonds. The van der Waals surface area contributed by atoms with Gasteiger partial charge in [-0.2, -0.15) is 0 Å². The first-order valence-corrected chi connectivity index (χ1v) is 9.45. The minimum atomic E-state index is -0.578. The van der Waals surface area contributed by atoms with E-state index in [1.807, 2.05) is 31.2 Å². The highest BCUT2D eigenvalue weighted by Gasteiger charge is 2.24. The Labute approximate surface area is 172 Å². The molecule has 10 heteroatoms. The number of urea groups is 1. The quantitative estimate of drug-likeness (QED) is 0.623. The monoisotopic (exact) mass is 414 g/mol. The smallest absolute Gasteiger partial charge is 0.337 e. The fourth-order valence-electron chi connectivity index (χ4n) is 2.67. The molecule has 0 radical (unpaired) electrons. The number of rotatable bonds is 8. The number of aryl methyl sites for hydroxylation is 2. The van der Waals surface area contributed by atoms with Crippen molar-refractivity contribution in [2.24, 2.45) is 0 Å². The summed E-state index contributed by atoms with van der Waals surface area (Å²) >= 11 is 0. The Morgan fingerprint density at radius 3 is 2.67 bits per heavy atom. The number of esters is 2. The van der Waals surface area contributed by atoms with E-state index < -0.39 is 18.0 Å². The third kappa shape index (κ3) is 5.43. The van der Waals surface area contributed by atoms with E-state index >= 15 is 0 Å². The fourth-order valence-corrected chi connectivity index (χ4v) is 2.67. The van der Waals surface area contributed by atoms with Crippen LogP contribution in [0.2, 0.25) is 0 Å². The second-order valence-electron chi connectivity index (χ2n) is 6.51. The normalized spacial score (nSPS) is 13.5. The van der Waals surface area contributed by atoms with Crippen LogP contribution < -0.4 is 10.6 Å². The first-order chi connectivity index (χ1) is 14.5. The molecule has 0 saturated heterocycles. The van der Waals surface area contributed by atoms with Gasteiger partial charge in [-0.1, -0.05) is 17.7 Å². The largest absolute Gasteiger partial charge is 0.463 e. The van der Waals surface area contributed by atoms with Crippen molar-refractivity contribution in [1.82, 2.24) is 20.8 Å². The van der Waals surface area contributed by atoms with Crippen LogP contribution in [0.15, 0.2) is 40.0 Å². The molecule has 0 atom stereocenters. The molecule has 0 aliphatic carbocycles. The van der Waals surface area contributed by atoms with Gasteiger partial charge in [-0.3, -0.25) is 4.79 Å². The number of hydrogen-bond donors (Lipinski definition) is 2. The van der Waals surface area contributed by atoms with Gasteiger partial charge in [-0.15, -0.1) is 10.2 Å². The Morgan fingerprint density at radius 1 is 1.17 bits per heavy atom. The van der Waals surface area contributed by atoms with E-state index in [0.29, 0.717) is 11.8 Å². The summed E-state index contributed by atoms with van der Waals surface area (Å²) in [6.07, 6.45) is 0.207. The summed E-state index contributed by atoms with van der Waals surface area (Å²) in [4.78, 5) is 35.6. The molecule has 1 aliphatic rings. The molecule has 1 aromatic carbocycles. The maximum absolute atomic E-state index is 12.1. The zero-order valence-corrected chi connectivity index (χ0v) is 16.7. The highest BCUT2D eigenvalue weighted by molar-refractivity contribution is 5.93. The number of carbonyl (C=O) groups excluding carboxylic acids is 3.